The Hall–Kier alpha value is -2.30. The first-order valence-corrected chi connectivity index (χ1v) is 7.07. The Balaban J connectivity index is 2.03. The zero-order chi connectivity index (χ0) is 15.4. The van der Waals surface area contributed by atoms with Gasteiger partial charge in [-0.1, -0.05) is 0 Å². The lowest BCUT2D eigenvalue weighted by atomic mass is 10.1. The van der Waals surface area contributed by atoms with Gasteiger partial charge in [0.15, 0.2) is 0 Å². The van der Waals surface area contributed by atoms with Crippen LogP contribution in [0.2, 0.25) is 0 Å². The fourth-order valence-electron chi connectivity index (χ4n) is 2.10. The molecule has 0 radical (unpaired) electrons. The molecule has 0 saturated carbocycles. The summed E-state index contributed by atoms with van der Waals surface area (Å²) in [6.45, 7) is 8.85. The average Bonchev–Trinajstić information content (AvgIpc) is 2.76. The Labute approximate surface area is 124 Å². The van der Waals surface area contributed by atoms with Gasteiger partial charge in [0, 0.05) is 17.8 Å². The molecular formula is C16H21N3O2. The molecule has 0 aliphatic carbocycles. The number of oxazole rings is 1. The van der Waals surface area contributed by atoms with Crippen molar-refractivity contribution < 1.29 is 9.21 Å². The second kappa shape index (κ2) is 6.43. The van der Waals surface area contributed by atoms with Crippen LogP contribution in [-0.2, 0) is 6.54 Å². The molecule has 21 heavy (non-hydrogen) atoms. The van der Waals surface area contributed by atoms with Gasteiger partial charge >= 0.3 is 0 Å². The molecule has 1 amide bonds. The van der Waals surface area contributed by atoms with Gasteiger partial charge in [-0.25, -0.2) is 4.98 Å². The van der Waals surface area contributed by atoms with Crippen molar-refractivity contribution in [2.45, 2.75) is 34.2 Å². The number of anilines is 1. The molecule has 0 fully saturated rings. The quantitative estimate of drug-likeness (QED) is 0.887. The van der Waals surface area contributed by atoms with Crippen LogP contribution in [0.25, 0.3) is 0 Å². The standard InChI is InChI=1S/C16H21N3O2/c1-5-17-13-6-7-14(10(2)8-13)16(20)18-9-15-19-11(3)12(4)21-15/h6-8,17H,5,9H2,1-4H3,(H,18,20). The minimum absolute atomic E-state index is 0.121. The van der Waals surface area contributed by atoms with E-state index in [4.69, 9.17) is 4.42 Å². The van der Waals surface area contributed by atoms with Crippen molar-refractivity contribution in [1.82, 2.24) is 10.3 Å². The zero-order valence-electron chi connectivity index (χ0n) is 12.9. The van der Waals surface area contributed by atoms with E-state index >= 15 is 0 Å². The van der Waals surface area contributed by atoms with Gasteiger partial charge in [-0.3, -0.25) is 4.79 Å². The second-order valence-electron chi connectivity index (χ2n) is 4.99. The predicted octanol–water partition coefficient (Wildman–Crippen LogP) is 2.96. The van der Waals surface area contributed by atoms with Gasteiger partial charge in [0.1, 0.15) is 5.76 Å². The number of aromatic nitrogens is 1. The number of benzene rings is 1. The molecule has 5 heteroatoms. The van der Waals surface area contributed by atoms with Crippen molar-refractivity contribution in [1.29, 1.82) is 0 Å². The fraction of sp³-hybridized carbons (Fsp3) is 0.375. The highest BCUT2D eigenvalue weighted by molar-refractivity contribution is 5.95. The fourth-order valence-corrected chi connectivity index (χ4v) is 2.10. The van der Waals surface area contributed by atoms with E-state index in [-0.39, 0.29) is 5.91 Å². The maximum atomic E-state index is 12.2. The molecule has 5 nitrogen and oxygen atoms in total. The number of nitrogens with zero attached hydrogens (tertiary/aromatic N) is 1. The summed E-state index contributed by atoms with van der Waals surface area (Å²) in [6.07, 6.45) is 0. The van der Waals surface area contributed by atoms with Crippen LogP contribution in [0, 0.1) is 20.8 Å². The van der Waals surface area contributed by atoms with E-state index in [0.29, 0.717) is 18.0 Å². The summed E-state index contributed by atoms with van der Waals surface area (Å²) in [4.78, 5) is 16.4. The summed E-state index contributed by atoms with van der Waals surface area (Å²) in [5.41, 5.74) is 3.47. The van der Waals surface area contributed by atoms with Crippen LogP contribution in [0.4, 0.5) is 5.69 Å². The van der Waals surface area contributed by atoms with Crippen LogP contribution in [0.1, 0.15) is 40.2 Å². The maximum Gasteiger partial charge on any atom is 0.251 e. The SMILES string of the molecule is CCNc1ccc(C(=O)NCc2nc(C)c(C)o2)c(C)c1. The summed E-state index contributed by atoms with van der Waals surface area (Å²) in [6, 6.07) is 5.71. The lowest BCUT2D eigenvalue weighted by molar-refractivity contribution is 0.0946. The summed E-state index contributed by atoms with van der Waals surface area (Å²) < 4.78 is 5.45. The molecule has 0 unspecified atom stereocenters. The molecular weight excluding hydrogens is 266 g/mol. The van der Waals surface area contributed by atoms with Crippen molar-refractivity contribution in [2.24, 2.45) is 0 Å². The van der Waals surface area contributed by atoms with E-state index in [9.17, 15) is 4.79 Å². The van der Waals surface area contributed by atoms with Crippen molar-refractivity contribution >= 4 is 11.6 Å². The third kappa shape index (κ3) is 3.62. The molecule has 0 atom stereocenters. The molecule has 0 saturated heterocycles. The first-order chi connectivity index (χ1) is 10.0. The Morgan fingerprint density at radius 3 is 2.62 bits per heavy atom. The second-order valence-corrected chi connectivity index (χ2v) is 4.99. The van der Waals surface area contributed by atoms with Crippen molar-refractivity contribution in [3.63, 3.8) is 0 Å². The zero-order valence-corrected chi connectivity index (χ0v) is 12.9. The van der Waals surface area contributed by atoms with E-state index in [2.05, 4.69) is 15.6 Å². The van der Waals surface area contributed by atoms with Crippen LogP contribution >= 0.6 is 0 Å². The summed E-state index contributed by atoms with van der Waals surface area (Å²) in [5.74, 6) is 1.19. The Bertz CT molecular complexity index is 627. The van der Waals surface area contributed by atoms with Gasteiger partial charge in [0.05, 0.1) is 12.2 Å². The Kier molecular flexibility index (Phi) is 4.62. The number of amides is 1. The first-order valence-electron chi connectivity index (χ1n) is 7.07. The van der Waals surface area contributed by atoms with E-state index in [1.165, 1.54) is 0 Å². The third-order valence-electron chi connectivity index (χ3n) is 3.32. The van der Waals surface area contributed by atoms with E-state index in [0.717, 1.165) is 29.2 Å². The average molecular weight is 287 g/mol. The number of nitrogens with one attached hydrogen (secondary N) is 2. The highest BCUT2D eigenvalue weighted by Gasteiger charge is 2.11. The monoisotopic (exact) mass is 287 g/mol. The van der Waals surface area contributed by atoms with Gasteiger partial charge in [0.25, 0.3) is 5.91 Å². The minimum Gasteiger partial charge on any atom is -0.444 e. The summed E-state index contributed by atoms with van der Waals surface area (Å²) in [7, 11) is 0. The predicted molar refractivity (Wildman–Crippen MR) is 82.5 cm³/mol. The van der Waals surface area contributed by atoms with Gasteiger partial charge in [-0.15, -0.1) is 0 Å². The number of rotatable bonds is 5. The molecule has 2 N–H and O–H groups in total. The Morgan fingerprint density at radius 1 is 1.29 bits per heavy atom. The molecule has 1 aromatic heterocycles. The third-order valence-corrected chi connectivity index (χ3v) is 3.32. The molecule has 0 spiro atoms. The van der Waals surface area contributed by atoms with Gasteiger partial charge in [0.2, 0.25) is 5.89 Å². The molecule has 0 aliphatic rings. The number of hydrogen-bond acceptors (Lipinski definition) is 4. The van der Waals surface area contributed by atoms with Gasteiger partial charge in [-0.2, -0.15) is 0 Å². The lowest BCUT2D eigenvalue weighted by Crippen LogP contribution is -2.23. The molecule has 1 heterocycles. The molecule has 2 aromatic rings. The smallest absolute Gasteiger partial charge is 0.251 e. The maximum absolute atomic E-state index is 12.2. The Morgan fingerprint density at radius 2 is 2.05 bits per heavy atom. The molecule has 0 bridgehead atoms. The van der Waals surface area contributed by atoms with Crippen molar-refractivity contribution in [2.75, 3.05) is 11.9 Å². The highest BCUT2D eigenvalue weighted by Crippen LogP contribution is 2.15. The highest BCUT2D eigenvalue weighted by atomic mass is 16.4. The largest absolute Gasteiger partial charge is 0.444 e. The van der Waals surface area contributed by atoms with E-state index in [1.807, 2.05) is 45.9 Å². The van der Waals surface area contributed by atoms with Gasteiger partial charge in [-0.05, 0) is 51.5 Å². The van der Waals surface area contributed by atoms with Gasteiger partial charge < -0.3 is 15.1 Å². The van der Waals surface area contributed by atoms with Crippen molar-refractivity contribution in [3.8, 4) is 0 Å². The number of aryl methyl sites for hydroxylation is 3. The molecule has 1 aromatic carbocycles. The van der Waals surface area contributed by atoms with Crippen LogP contribution < -0.4 is 10.6 Å². The van der Waals surface area contributed by atoms with Crippen LogP contribution in [-0.4, -0.2) is 17.4 Å². The van der Waals surface area contributed by atoms with Crippen LogP contribution in [0.3, 0.4) is 0 Å². The summed E-state index contributed by atoms with van der Waals surface area (Å²) in [5, 5.41) is 6.06. The molecule has 0 aliphatic heterocycles. The van der Waals surface area contributed by atoms with Crippen LogP contribution in [0.5, 0.6) is 0 Å². The van der Waals surface area contributed by atoms with Crippen molar-refractivity contribution in [3.05, 3.63) is 46.7 Å². The van der Waals surface area contributed by atoms with Crippen LogP contribution in [0.15, 0.2) is 22.6 Å². The number of hydrogen-bond donors (Lipinski definition) is 2. The minimum atomic E-state index is -0.121. The number of carbonyl (C=O) groups is 1. The summed E-state index contributed by atoms with van der Waals surface area (Å²) >= 11 is 0. The van der Waals surface area contributed by atoms with E-state index in [1.54, 1.807) is 0 Å². The first kappa shape index (κ1) is 15.1. The topological polar surface area (TPSA) is 67.2 Å². The normalized spacial score (nSPS) is 10.5. The lowest BCUT2D eigenvalue weighted by Gasteiger charge is -2.09. The molecule has 112 valence electrons. The molecule has 2 rings (SSSR count). The number of carbonyl (C=O) groups excluding carboxylic acids is 1. The van der Waals surface area contributed by atoms with E-state index < -0.39 is 0 Å².